The summed E-state index contributed by atoms with van der Waals surface area (Å²) >= 11 is 1.35. The van der Waals surface area contributed by atoms with Crippen molar-refractivity contribution in [1.29, 1.82) is 0 Å². The van der Waals surface area contributed by atoms with E-state index in [0.717, 1.165) is 12.8 Å². The molecule has 21 heavy (non-hydrogen) atoms. The van der Waals surface area contributed by atoms with Crippen LogP contribution in [0.2, 0.25) is 0 Å². The van der Waals surface area contributed by atoms with Gasteiger partial charge in [-0.3, -0.25) is 4.79 Å². The molecule has 118 valence electrons. The van der Waals surface area contributed by atoms with Gasteiger partial charge < -0.3 is 10.4 Å². The minimum absolute atomic E-state index is 0.0463. The van der Waals surface area contributed by atoms with Crippen molar-refractivity contribution in [1.82, 2.24) is 25.5 Å². The van der Waals surface area contributed by atoms with Gasteiger partial charge in [0.15, 0.2) is 0 Å². The molecule has 1 aliphatic rings. The van der Waals surface area contributed by atoms with Gasteiger partial charge in [-0.1, -0.05) is 32.5 Å². The summed E-state index contributed by atoms with van der Waals surface area (Å²) in [6, 6.07) is 0.359. The number of aromatic nitrogens is 4. The maximum Gasteiger partial charge on any atom is 0.230 e. The summed E-state index contributed by atoms with van der Waals surface area (Å²) in [5.41, 5.74) is -0.0847. The van der Waals surface area contributed by atoms with Crippen molar-refractivity contribution in [2.75, 3.05) is 12.4 Å². The van der Waals surface area contributed by atoms with E-state index in [1.807, 2.05) is 20.8 Å². The Labute approximate surface area is 128 Å². The van der Waals surface area contributed by atoms with Crippen LogP contribution >= 0.6 is 11.8 Å². The summed E-state index contributed by atoms with van der Waals surface area (Å²) in [6.45, 7) is 6.21. The number of rotatable bonds is 7. The third-order valence-corrected chi connectivity index (χ3v) is 4.42. The van der Waals surface area contributed by atoms with E-state index in [1.54, 1.807) is 4.68 Å². The Hall–Kier alpha value is -1.15. The second-order valence-electron chi connectivity index (χ2n) is 6.42. The third kappa shape index (κ3) is 4.67. The molecule has 7 nitrogen and oxygen atoms in total. The van der Waals surface area contributed by atoms with E-state index in [1.165, 1.54) is 11.8 Å². The Bertz CT molecular complexity index is 481. The zero-order chi connectivity index (χ0) is 15.5. The number of hydrogen-bond acceptors (Lipinski definition) is 6. The molecule has 1 aliphatic carbocycles. The third-order valence-electron chi connectivity index (χ3n) is 3.49. The Morgan fingerprint density at radius 1 is 1.52 bits per heavy atom. The Morgan fingerprint density at radius 3 is 2.81 bits per heavy atom. The van der Waals surface area contributed by atoms with Gasteiger partial charge in [-0.2, -0.15) is 0 Å². The fourth-order valence-corrected chi connectivity index (χ4v) is 2.80. The number of aliphatic hydroxyl groups is 1. The molecule has 1 aromatic heterocycles. The summed E-state index contributed by atoms with van der Waals surface area (Å²) in [5.74, 6) is 0.226. The van der Waals surface area contributed by atoms with Crippen LogP contribution in [-0.2, 0) is 4.79 Å². The van der Waals surface area contributed by atoms with E-state index in [2.05, 4.69) is 20.8 Å². The first-order chi connectivity index (χ1) is 9.91. The Kier molecular flexibility index (Phi) is 5.21. The average Bonchev–Trinajstić information content (AvgIpc) is 3.14. The molecule has 1 amide bonds. The van der Waals surface area contributed by atoms with Crippen LogP contribution in [0, 0.1) is 5.41 Å². The molecule has 0 saturated heterocycles. The largest absolute Gasteiger partial charge is 0.396 e. The van der Waals surface area contributed by atoms with Crippen molar-refractivity contribution >= 4 is 17.7 Å². The lowest BCUT2D eigenvalue weighted by Gasteiger charge is -2.31. The number of amides is 1. The molecule has 1 atom stereocenters. The molecule has 2 rings (SSSR count). The Balaban J connectivity index is 1.84. The number of nitrogens with one attached hydrogen (secondary N) is 1. The first-order valence-corrected chi connectivity index (χ1v) is 8.21. The van der Waals surface area contributed by atoms with Crippen LogP contribution in [0.3, 0.4) is 0 Å². The molecule has 0 aliphatic heterocycles. The van der Waals surface area contributed by atoms with Crippen LogP contribution < -0.4 is 5.32 Å². The van der Waals surface area contributed by atoms with Crippen LogP contribution in [-0.4, -0.2) is 49.6 Å². The summed E-state index contributed by atoms with van der Waals surface area (Å²) in [4.78, 5) is 12.1. The molecular weight excluding hydrogens is 290 g/mol. The number of carbonyl (C=O) groups excluding carboxylic acids is 1. The highest BCUT2D eigenvalue weighted by Crippen LogP contribution is 2.36. The maximum atomic E-state index is 12.1. The number of aliphatic hydroxyl groups excluding tert-OH is 1. The van der Waals surface area contributed by atoms with Crippen LogP contribution in [0.25, 0.3) is 0 Å². The van der Waals surface area contributed by atoms with E-state index in [-0.39, 0.29) is 29.7 Å². The van der Waals surface area contributed by atoms with E-state index in [9.17, 15) is 4.79 Å². The van der Waals surface area contributed by atoms with Crippen LogP contribution in [0.4, 0.5) is 0 Å². The van der Waals surface area contributed by atoms with Gasteiger partial charge >= 0.3 is 0 Å². The predicted octanol–water partition coefficient (Wildman–Crippen LogP) is 1.01. The molecule has 0 bridgehead atoms. The monoisotopic (exact) mass is 313 g/mol. The second-order valence-corrected chi connectivity index (χ2v) is 7.37. The maximum absolute atomic E-state index is 12.1. The van der Waals surface area contributed by atoms with Crippen molar-refractivity contribution in [3.63, 3.8) is 0 Å². The van der Waals surface area contributed by atoms with Gasteiger partial charge in [0, 0.05) is 12.6 Å². The highest BCUT2D eigenvalue weighted by molar-refractivity contribution is 7.99. The van der Waals surface area contributed by atoms with Crippen molar-refractivity contribution in [3.8, 4) is 0 Å². The van der Waals surface area contributed by atoms with Crippen molar-refractivity contribution in [2.24, 2.45) is 5.41 Å². The van der Waals surface area contributed by atoms with Crippen LogP contribution in [0.15, 0.2) is 5.16 Å². The fourth-order valence-electron chi connectivity index (χ4n) is 2.05. The van der Waals surface area contributed by atoms with Gasteiger partial charge in [0.25, 0.3) is 0 Å². The van der Waals surface area contributed by atoms with Crippen LogP contribution in [0.1, 0.15) is 46.1 Å². The van der Waals surface area contributed by atoms with Gasteiger partial charge in [-0.15, -0.1) is 5.10 Å². The van der Waals surface area contributed by atoms with Gasteiger partial charge in [0.2, 0.25) is 11.1 Å². The van der Waals surface area contributed by atoms with Gasteiger partial charge in [-0.05, 0) is 35.1 Å². The number of nitrogens with zero attached hydrogens (tertiary/aromatic N) is 4. The lowest BCUT2D eigenvalue weighted by atomic mass is 9.85. The number of carbonyl (C=O) groups is 1. The first kappa shape index (κ1) is 16.2. The summed E-state index contributed by atoms with van der Waals surface area (Å²) in [6.07, 6.45) is 2.76. The molecule has 2 N–H and O–H groups in total. The van der Waals surface area contributed by atoms with Crippen molar-refractivity contribution in [2.45, 2.75) is 57.3 Å². The van der Waals surface area contributed by atoms with E-state index >= 15 is 0 Å². The second kappa shape index (κ2) is 6.74. The molecule has 0 radical (unpaired) electrons. The molecular formula is C13H23N5O2S. The minimum atomic E-state index is -0.0847. The lowest BCUT2D eigenvalue weighted by molar-refractivity contribution is -0.120. The molecule has 1 aromatic rings. The van der Waals surface area contributed by atoms with Crippen molar-refractivity contribution < 1.29 is 9.90 Å². The summed E-state index contributed by atoms with van der Waals surface area (Å²) in [5, 5.41) is 24.4. The molecule has 1 heterocycles. The van der Waals surface area contributed by atoms with Gasteiger partial charge in [0.05, 0.1) is 11.8 Å². The normalized spacial score (nSPS) is 16.8. The quantitative estimate of drug-likeness (QED) is 0.730. The lowest BCUT2D eigenvalue weighted by Crippen LogP contribution is -2.45. The molecule has 1 saturated carbocycles. The molecule has 0 aromatic carbocycles. The number of hydrogen-bond donors (Lipinski definition) is 2. The van der Waals surface area contributed by atoms with E-state index < -0.39 is 0 Å². The molecule has 8 heteroatoms. The Morgan fingerprint density at radius 2 is 2.24 bits per heavy atom. The summed E-state index contributed by atoms with van der Waals surface area (Å²) < 4.78 is 1.80. The molecule has 1 fully saturated rings. The van der Waals surface area contributed by atoms with E-state index in [0.29, 0.717) is 17.6 Å². The van der Waals surface area contributed by atoms with Crippen molar-refractivity contribution in [3.05, 3.63) is 0 Å². The zero-order valence-corrected chi connectivity index (χ0v) is 13.6. The molecule has 1 unspecified atom stereocenters. The highest BCUT2D eigenvalue weighted by Gasteiger charge is 2.29. The van der Waals surface area contributed by atoms with Gasteiger partial charge in [0.1, 0.15) is 0 Å². The fraction of sp³-hybridized carbons (Fsp3) is 0.846. The first-order valence-electron chi connectivity index (χ1n) is 7.22. The van der Waals surface area contributed by atoms with Crippen LogP contribution in [0.5, 0.6) is 0 Å². The number of tetrazole rings is 1. The zero-order valence-electron chi connectivity index (χ0n) is 12.7. The SMILES string of the molecule is CC(C)(C)C(CCO)NC(=O)CSc1nnnn1C1CC1. The topological polar surface area (TPSA) is 92.9 Å². The minimum Gasteiger partial charge on any atom is -0.396 e. The number of thioether (sulfide) groups is 1. The highest BCUT2D eigenvalue weighted by atomic mass is 32.2. The van der Waals surface area contributed by atoms with E-state index in [4.69, 9.17) is 5.11 Å². The van der Waals surface area contributed by atoms with Gasteiger partial charge in [-0.25, -0.2) is 4.68 Å². The standard InChI is InChI=1S/C13H23N5O2S/c1-13(2,3)10(6-7-19)14-11(20)8-21-12-15-16-17-18(12)9-4-5-9/h9-10,19H,4-8H2,1-3H3,(H,14,20). The molecule has 0 spiro atoms. The summed E-state index contributed by atoms with van der Waals surface area (Å²) in [7, 11) is 0. The average molecular weight is 313 g/mol. The smallest absolute Gasteiger partial charge is 0.230 e. The predicted molar refractivity (Wildman–Crippen MR) is 79.9 cm³/mol.